The molecule has 1 amide bonds. The predicted octanol–water partition coefficient (Wildman–Crippen LogP) is -0.0972. The number of nitrogens with two attached hydrogens (primary N) is 1. The van der Waals surface area contributed by atoms with Crippen molar-refractivity contribution in [1.29, 1.82) is 0 Å². The number of hydrogen-bond acceptors (Lipinski definition) is 3. The third-order valence-corrected chi connectivity index (χ3v) is 2.77. The van der Waals surface area contributed by atoms with Gasteiger partial charge in [0.25, 0.3) is 0 Å². The zero-order valence-corrected chi connectivity index (χ0v) is 9.36. The fourth-order valence-electron chi connectivity index (χ4n) is 1.86. The molecule has 1 rings (SSSR count). The molecule has 0 aromatic heterocycles. The van der Waals surface area contributed by atoms with Crippen molar-refractivity contribution in [3.63, 3.8) is 0 Å². The Morgan fingerprint density at radius 1 is 1.40 bits per heavy atom. The van der Waals surface area contributed by atoms with E-state index in [1.165, 1.54) is 0 Å². The second-order valence-electron chi connectivity index (χ2n) is 4.85. The molecule has 2 unspecified atom stereocenters. The van der Waals surface area contributed by atoms with Crippen LogP contribution in [0.5, 0.6) is 0 Å². The molecule has 0 spiro atoms. The van der Waals surface area contributed by atoms with Crippen molar-refractivity contribution in [3.05, 3.63) is 0 Å². The second kappa shape index (κ2) is 3.81. The predicted molar refractivity (Wildman–Crippen MR) is 55.1 cm³/mol. The lowest BCUT2D eigenvalue weighted by molar-refractivity contribution is -0.142. The Labute approximate surface area is 89.2 Å². The molecule has 1 aliphatic heterocycles. The molecule has 1 fully saturated rings. The summed E-state index contributed by atoms with van der Waals surface area (Å²) in [6.07, 6.45) is 0. The largest absolute Gasteiger partial charge is 0.481 e. The fourth-order valence-corrected chi connectivity index (χ4v) is 1.86. The highest BCUT2D eigenvalue weighted by Gasteiger charge is 2.40. The average Bonchev–Trinajstić information content (AvgIpc) is 2.44. The minimum Gasteiger partial charge on any atom is -0.481 e. The standard InChI is InChI=1S/C10H18N2O3/c1-6-4-12(5-7(6)8(13)14)9(15)10(2,3)11/h6-7H,4-5,11H2,1-3H3,(H,13,14). The van der Waals surface area contributed by atoms with Crippen LogP contribution in [-0.4, -0.2) is 40.5 Å². The van der Waals surface area contributed by atoms with Crippen LogP contribution in [0.25, 0.3) is 0 Å². The van der Waals surface area contributed by atoms with Crippen molar-refractivity contribution in [3.8, 4) is 0 Å². The normalized spacial score (nSPS) is 26.8. The number of amides is 1. The van der Waals surface area contributed by atoms with Crippen LogP contribution in [0.4, 0.5) is 0 Å². The first-order chi connectivity index (χ1) is 6.73. The summed E-state index contributed by atoms with van der Waals surface area (Å²) in [5.41, 5.74) is 4.76. The van der Waals surface area contributed by atoms with Gasteiger partial charge in [-0.3, -0.25) is 9.59 Å². The summed E-state index contributed by atoms with van der Waals surface area (Å²) in [5, 5.41) is 8.92. The smallest absolute Gasteiger partial charge is 0.308 e. The van der Waals surface area contributed by atoms with E-state index in [9.17, 15) is 9.59 Å². The first kappa shape index (κ1) is 12.0. The number of carbonyl (C=O) groups excluding carboxylic acids is 1. The topological polar surface area (TPSA) is 83.6 Å². The van der Waals surface area contributed by atoms with Crippen LogP contribution in [0.2, 0.25) is 0 Å². The maximum absolute atomic E-state index is 11.8. The van der Waals surface area contributed by atoms with Gasteiger partial charge in [0, 0.05) is 13.1 Å². The van der Waals surface area contributed by atoms with Gasteiger partial charge in [-0.2, -0.15) is 0 Å². The molecular weight excluding hydrogens is 196 g/mol. The quantitative estimate of drug-likeness (QED) is 0.672. The van der Waals surface area contributed by atoms with Crippen molar-refractivity contribution in [2.75, 3.05) is 13.1 Å². The van der Waals surface area contributed by atoms with Gasteiger partial charge in [0.1, 0.15) is 0 Å². The van der Waals surface area contributed by atoms with Gasteiger partial charge in [0.15, 0.2) is 0 Å². The van der Waals surface area contributed by atoms with E-state index in [4.69, 9.17) is 10.8 Å². The Kier molecular flexibility index (Phi) is 3.04. The summed E-state index contributed by atoms with van der Waals surface area (Å²) >= 11 is 0. The van der Waals surface area contributed by atoms with Crippen molar-refractivity contribution >= 4 is 11.9 Å². The monoisotopic (exact) mass is 214 g/mol. The van der Waals surface area contributed by atoms with Gasteiger partial charge in [-0.1, -0.05) is 6.92 Å². The molecule has 0 saturated carbocycles. The summed E-state index contributed by atoms with van der Waals surface area (Å²) in [5.74, 6) is -1.49. The van der Waals surface area contributed by atoms with Crippen LogP contribution in [0.15, 0.2) is 0 Å². The summed E-state index contributed by atoms with van der Waals surface area (Å²) in [7, 11) is 0. The Morgan fingerprint density at radius 3 is 2.27 bits per heavy atom. The highest BCUT2D eigenvalue weighted by Crippen LogP contribution is 2.24. The summed E-state index contributed by atoms with van der Waals surface area (Å²) in [4.78, 5) is 24.2. The zero-order valence-electron chi connectivity index (χ0n) is 9.36. The lowest BCUT2D eigenvalue weighted by atomic mass is 9.99. The fraction of sp³-hybridized carbons (Fsp3) is 0.800. The van der Waals surface area contributed by atoms with Gasteiger partial charge >= 0.3 is 5.97 Å². The molecule has 15 heavy (non-hydrogen) atoms. The molecule has 0 aromatic rings. The van der Waals surface area contributed by atoms with Crippen LogP contribution in [0, 0.1) is 11.8 Å². The number of nitrogens with zero attached hydrogens (tertiary/aromatic N) is 1. The van der Waals surface area contributed by atoms with Gasteiger partial charge < -0.3 is 15.7 Å². The van der Waals surface area contributed by atoms with Gasteiger partial charge in [0.2, 0.25) is 5.91 Å². The van der Waals surface area contributed by atoms with Gasteiger partial charge in [0.05, 0.1) is 11.5 Å². The van der Waals surface area contributed by atoms with E-state index in [0.29, 0.717) is 6.54 Å². The molecule has 1 saturated heterocycles. The number of carbonyl (C=O) groups is 2. The summed E-state index contributed by atoms with van der Waals surface area (Å²) in [6.45, 7) is 5.87. The average molecular weight is 214 g/mol. The highest BCUT2D eigenvalue weighted by molar-refractivity contribution is 5.86. The summed E-state index contributed by atoms with van der Waals surface area (Å²) < 4.78 is 0. The highest BCUT2D eigenvalue weighted by atomic mass is 16.4. The van der Waals surface area contributed by atoms with E-state index in [1.54, 1.807) is 18.7 Å². The number of hydrogen-bond donors (Lipinski definition) is 2. The van der Waals surface area contributed by atoms with Gasteiger partial charge in [-0.15, -0.1) is 0 Å². The maximum Gasteiger partial charge on any atom is 0.308 e. The minimum atomic E-state index is -0.923. The molecule has 86 valence electrons. The number of carboxylic acid groups (broad SMARTS) is 1. The lowest BCUT2D eigenvalue weighted by Gasteiger charge is -2.25. The van der Waals surface area contributed by atoms with Crippen molar-refractivity contribution in [1.82, 2.24) is 4.90 Å². The Hall–Kier alpha value is -1.10. The van der Waals surface area contributed by atoms with E-state index in [-0.39, 0.29) is 18.4 Å². The van der Waals surface area contributed by atoms with Gasteiger partial charge in [-0.25, -0.2) is 0 Å². The lowest BCUT2D eigenvalue weighted by Crippen LogP contribution is -2.50. The van der Waals surface area contributed by atoms with Crippen molar-refractivity contribution in [2.45, 2.75) is 26.3 Å². The molecule has 2 atom stereocenters. The number of rotatable bonds is 2. The Morgan fingerprint density at radius 2 is 1.93 bits per heavy atom. The molecular formula is C10H18N2O3. The van der Waals surface area contributed by atoms with Crippen molar-refractivity contribution in [2.24, 2.45) is 17.6 Å². The third kappa shape index (κ3) is 2.47. The molecule has 1 heterocycles. The number of likely N-dealkylation sites (tertiary alicyclic amines) is 1. The second-order valence-corrected chi connectivity index (χ2v) is 4.85. The van der Waals surface area contributed by atoms with Crippen LogP contribution >= 0.6 is 0 Å². The van der Waals surface area contributed by atoms with Crippen LogP contribution < -0.4 is 5.73 Å². The third-order valence-electron chi connectivity index (χ3n) is 2.77. The molecule has 5 heteroatoms. The Balaban J connectivity index is 2.71. The first-order valence-electron chi connectivity index (χ1n) is 5.04. The van der Waals surface area contributed by atoms with E-state index in [1.807, 2.05) is 6.92 Å². The molecule has 0 aromatic carbocycles. The van der Waals surface area contributed by atoms with Gasteiger partial charge in [-0.05, 0) is 19.8 Å². The molecule has 1 aliphatic rings. The molecule has 3 N–H and O–H groups in total. The van der Waals surface area contributed by atoms with E-state index in [0.717, 1.165) is 0 Å². The van der Waals surface area contributed by atoms with E-state index < -0.39 is 17.4 Å². The van der Waals surface area contributed by atoms with Crippen LogP contribution in [0.1, 0.15) is 20.8 Å². The molecule has 0 radical (unpaired) electrons. The number of carboxylic acids is 1. The SMILES string of the molecule is CC1CN(C(=O)C(C)(C)N)CC1C(=O)O. The number of aliphatic carboxylic acids is 1. The summed E-state index contributed by atoms with van der Waals surface area (Å²) in [6, 6.07) is 0. The maximum atomic E-state index is 11.8. The first-order valence-corrected chi connectivity index (χ1v) is 5.04. The van der Waals surface area contributed by atoms with E-state index in [2.05, 4.69) is 0 Å². The van der Waals surface area contributed by atoms with Crippen molar-refractivity contribution < 1.29 is 14.7 Å². The zero-order chi connectivity index (χ0) is 11.8. The Bertz CT molecular complexity index is 283. The van der Waals surface area contributed by atoms with Crippen LogP contribution in [0.3, 0.4) is 0 Å². The van der Waals surface area contributed by atoms with E-state index >= 15 is 0 Å². The molecule has 0 bridgehead atoms. The molecule has 5 nitrogen and oxygen atoms in total. The molecule has 0 aliphatic carbocycles. The van der Waals surface area contributed by atoms with Crippen LogP contribution in [-0.2, 0) is 9.59 Å². The minimum absolute atomic E-state index is 0.00574.